The fourth-order valence-electron chi connectivity index (χ4n) is 3.21. The summed E-state index contributed by atoms with van der Waals surface area (Å²) in [5.41, 5.74) is 3.75. The van der Waals surface area contributed by atoms with E-state index in [1.165, 1.54) is 35.3 Å². The van der Waals surface area contributed by atoms with Gasteiger partial charge in [-0.1, -0.05) is 37.8 Å². The second kappa shape index (κ2) is 7.19. The van der Waals surface area contributed by atoms with Gasteiger partial charge in [0, 0.05) is 5.57 Å². The van der Waals surface area contributed by atoms with Gasteiger partial charge in [-0.2, -0.15) is 0 Å². The Hall–Kier alpha value is -1.79. The van der Waals surface area contributed by atoms with Gasteiger partial charge in [0.15, 0.2) is 0 Å². The molecule has 0 fully saturated rings. The highest BCUT2D eigenvalue weighted by atomic mass is 32.1. The van der Waals surface area contributed by atoms with Crippen LogP contribution in [-0.4, -0.2) is 12.6 Å². The molecule has 23 heavy (non-hydrogen) atoms. The first-order valence-corrected chi connectivity index (χ1v) is 8.85. The van der Waals surface area contributed by atoms with Gasteiger partial charge in [0.1, 0.15) is 4.88 Å². The van der Waals surface area contributed by atoms with Crippen molar-refractivity contribution in [3.63, 3.8) is 0 Å². The Bertz CT molecular complexity index is 707. The maximum atomic E-state index is 11.7. The minimum atomic E-state index is -0.281. The lowest BCUT2D eigenvalue weighted by Gasteiger charge is -2.34. The SMILES string of the molecule is C=C(C#Cc1ccc(C(=O)OCC)s1)C1=C(C)CCCC1(C)C. The third kappa shape index (κ3) is 4.14. The molecule has 0 aliphatic heterocycles. The van der Waals surface area contributed by atoms with Crippen molar-refractivity contribution in [1.82, 2.24) is 0 Å². The lowest BCUT2D eigenvalue weighted by atomic mass is 9.70. The van der Waals surface area contributed by atoms with E-state index in [9.17, 15) is 4.79 Å². The molecular weight excluding hydrogens is 304 g/mol. The quantitative estimate of drug-likeness (QED) is 0.551. The predicted octanol–water partition coefficient (Wildman–Crippen LogP) is 5.36. The van der Waals surface area contributed by atoms with Crippen LogP contribution in [0.25, 0.3) is 0 Å². The van der Waals surface area contributed by atoms with Crippen molar-refractivity contribution in [3.8, 4) is 11.8 Å². The Kier molecular flexibility index (Phi) is 5.49. The Labute approximate surface area is 143 Å². The Balaban J connectivity index is 2.19. The van der Waals surface area contributed by atoms with Gasteiger partial charge in [-0.3, -0.25) is 0 Å². The highest BCUT2D eigenvalue weighted by Crippen LogP contribution is 2.43. The maximum Gasteiger partial charge on any atom is 0.348 e. The van der Waals surface area contributed by atoms with Crippen molar-refractivity contribution in [1.29, 1.82) is 0 Å². The normalized spacial score (nSPS) is 16.5. The molecule has 1 aromatic rings. The number of carbonyl (C=O) groups is 1. The number of hydrogen-bond acceptors (Lipinski definition) is 3. The summed E-state index contributed by atoms with van der Waals surface area (Å²) in [5.74, 6) is 6.06. The summed E-state index contributed by atoms with van der Waals surface area (Å²) in [4.78, 5) is 13.1. The topological polar surface area (TPSA) is 26.3 Å². The molecule has 0 amide bonds. The number of ether oxygens (including phenoxy) is 1. The van der Waals surface area contributed by atoms with Gasteiger partial charge in [0.25, 0.3) is 0 Å². The summed E-state index contributed by atoms with van der Waals surface area (Å²) in [7, 11) is 0. The molecule has 2 rings (SSSR count). The summed E-state index contributed by atoms with van der Waals surface area (Å²) in [6.07, 6.45) is 3.54. The van der Waals surface area contributed by atoms with Crippen molar-refractivity contribution in [2.45, 2.75) is 47.0 Å². The highest BCUT2D eigenvalue weighted by Gasteiger charge is 2.29. The number of carbonyl (C=O) groups excluding carboxylic acids is 1. The first kappa shape index (κ1) is 17.6. The van der Waals surface area contributed by atoms with Crippen LogP contribution in [0.1, 0.15) is 61.5 Å². The Morgan fingerprint density at radius 1 is 1.43 bits per heavy atom. The number of esters is 1. The summed E-state index contributed by atoms with van der Waals surface area (Å²) in [5, 5.41) is 0. The molecule has 0 atom stereocenters. The summed E-state index contributed by atoms with van der Waals surface area (Å²) in [6.45, 7) is 13.1. The predicted molar refractivity (Wildman–Crippen MR) is 96.6 cm³/mol. The van der Waals surface area contributed by atoms with Crippen LogP contribution in [0.5, 0.6) is 0 Å². The van der Waals surface area contributed by atoms with Crippen LogP contribution in [-0.2, 0) is 4.74 Å². The summed E-state index contributed by atoms with van der Waals surface area (Å²) < 4.78 is 5.00. The third-order valence-corrected chi connectivity index (χ3v) is 5.16. The fraction of sp³-hybridized carbons (Fsp3) is 0.450. The minimum Gasteiger partial charge on any atom is -0.462 e. The Morgan fingerprint density at radius 3 is 2.83 bits per heavy atom. The largest absolute Gasteiger partial charge is 0.462 e. The monoisotopic (exact) mass is 328 g/mol. The lowest BCUT2D eigenvalue weighted by molar-refractivity contribution is 0.0532. The summed E-state index contributed by atoms with van der Waals surface area (Å²) >= 11 is 1.36. The highest BCUT2D eigenvalue weighted by molar-refractivity contribution is 7.14. The van der Waals surface area contributed by atoms with Crippen LogP contribution in [0.4, 0.5) is 0 Å². The van der Waals surface area contributed by atoms with Crippen LogP contribution >= 0.6 is 11.3 Å². The molecule has 1 heterocycles. The van der Waals surface area contributed by atoms with Crippen molar-refractivity contribution < 1.29 is 9.53 Å². The first-order valence-electron chi connectivity index (χ1n) is 8.03. The molecule has 0 N–H and O–H groups in total. The first-order chi connectivity index (χ1) is 10.8. The zero-order valence-corrected chi connectivity index (χ0v) is 15.2. The second-order valence-corrected chi connectivity index (χ2v) is 7.59. The second-order valence-electron chi connectivity index (χ2n) is 6.51. The fourth-order valence-corrected chi connectivity index (χ4v) is 3.96. The van der Waals surface area contributed by atoms with Crippen molar-refractivity contribution in [2.24, 2.45) is 5.41 Å². The number of rotatable bonds is 3. The zero-order chi connectivity index (χ0) is 17.0. The van der Waals surface area contributed by atoms with Crippen LogP contribution in [0.3, 0.4) is 0 Å². The molecule has 0 spiro atoms. The molecule has 0 saturated carbocycles. The standard InChI is InChI=1S/C20H24O2S/c1-6-22-19(21)17-12-11-16(23-17)10-9-15(3)18-14(2)8-7-13-20(18,4)5/h11-12H,3,6-8,13H2,1-2,4-5H3. The van der Waals surface area contributed by atoms with Crippen molar-refractivity contribution >= 4 is 17.3 Å². The molecule has 122 valence electrons. The smallest absolute Gasteiger partial charge is 0.348 e. The van der Waals surface area contributed by atoms with E-state index < -0.39 is 0 Å². The average molecular weight is 328 g/mol. The minimum absolute atomic E-state index is 0.139. The molecule has 1 aromatic heterocycles. The van der Waals surface area contributed by atoms with Gasteiger partial charge in [-0.25, -0.2) is 4.79 Å². The molecule has 0 bridgehead atoms. The van der Waals surface area contributed by atoms with E-state index >= 15 is 0 Å². The van der Waals surface area contributed by atoms with Gasteiger partial charge in [-0.15, -0.1) is 11.3 Å². The van der Waals surface area contributed by atoms with Gasteiger partial charge < -0.3 is 4.74 Å². The number of thiophene rings is 1. The molecular formula is C20H24O2S. The van der Waals surface area contributed by atoms with Crippen LogP contribution in [0, 0.1) is 17.3 Å². The molecule has 1 aliphatic carbocycles. The molecule has 0 aromatic carbocycles. The van der Waals surface area contributed by atoms with Crippen molar-refractivity contribution in [2.75, 3.05) is 6.61 Å². The lowest BCUT2D eigenvalue weighted by Crippen LogP contribution is -2.21. The van der Waals surface area contributed by atoms with Crippen LogP contribution in [0.15, 0.2) is 35.4 Å². The van der Waals surface area contributed by atoms with Gasteiger partial charge in [-0.05, 0) is 56.2 Å². The van der Waals surface area contributed by atoms with Gasteiger partial charge in [0.2, 0.25) is 0 Å². The molecule has 0 radical (unpaired) electrons. The third-order valence-electron chi connectivity index (χ3n) is 4.18. The molecule has 1 aliphatic rings. The number of hydrogen-bond donors (Lipinski definition) is 0. The van der Waals surface area contributed by atoms with E-state index in [-0.39, 0.29) is 11.4 Å². The zero-order valence-electron chi connectivity index (χ0n) is 14.4. The van der Waals surface area contributed by atoms with Crippen LogP contribution in [0.2, 0.25) is 0 Å². The van der Waals surface area contributed by atoms with E-state index in [1.54, 1.807) is 13.0 Å². The molecule has 0 unspecified atom stereocenters. The molecule has 0 saturated heterocycles. The Morgan fingerprint density at radius 2 is 2.17 bits per heavy atom. The van der Waals surface area contributed by atoms with E-state index in [0.717, 1.165) is 16.9 Å². The molecule has 2 nitrogen and oxygen atoms in total. The van der Waals surface area contributed by atoms with E-state index in [2.05, 4.69) is 39.2 Å². The van der Waals surface area contributed by atoms with E-state index in [1.807, 2.05) is 6.07 Å². The van der Waals surface area contributed by atoms with Gasteiger partial charge in [0.05, 0.1) is 11.5 Å². The van der Waals surface area contributed by atoms with E-state index in [4.69, 9.17) is 4.74 Å². The molecule has 3 heteroatoms. The maximum absolute atomic E-state index is 11.7. The summed E-state index contributed by atoms with van der Waals surface area (Å²) in [6, 6.07) is 3.63. The van der Waals surface area contributed by atoms with Crippen LogP contribution < -0.4 is 0 Å². The van der Waals surface area contributed by atoms with Crippen molar-refractivity contribution in [3.05, 3.63) is 45.2 Å². The van der Waals surface area contributed by atoms with Gasteiger partial charge >= 0.3 is 5.97 Å². The average Bonchev–Trinajstić information content (AvgIpc) is 2.93. The van der Waals surface area contributed by atoms with E-state index in [0.29, 0.717) is 11.5 Å². The number of allylic oxidation sites excluding steroid dienone is 3.